The Balaban J connectivity index is 1.73. The molecule has 0 aliphatic carbocycles. The number of nitrogens with zero attached hydrogens (tertiary/aromatic N) is 1. The van der Waals surface area contributed by atoms with Crippen LogP contribution in [0.2, 0.25) is 0 Å². The summed E-state index contributed by atoms with van der Waals surface area (Å²) in [4.78, 5) is 14.0. The Morgan fingerprint density at radius 1 is 1.30 bits per heavy atom. The summed E-state index contributed by atoms with van der Waals surface area (Å²) in [6.45, 7) is 8.59. The molecule has 1 aromatic carbocycles. The Morgan fingerprint density at radius 2 is 2.00 bits per heavy atom. The molecule has 1 spiro atoms. The number of carbonyl (C=O) groups is 1. The normalized spacial score (nSPS) is 20.3. The van der Waals surface area contributed by atoms with Gasteiger partial charge in [0.05, 0.1) is 0 Å². The SMILES string of the molecule is CC(C)(C)OC(=O)N1CCC2(CC1)CNCc1cc(F)ccc12. The van der Waals surface area contributed by atoms with Crippen molar-refractivity contribution in [3.05, 3.63) is 35.1 Å². The van der Waals surface area contributed by atoms with Crippen molar-refractivity contribution in [1.82, 2.24) is 10.2 Å². The van der Waals surface area contributed by atoms with Gasteiger partial charge >= 0.3 is 6.09 Å². The number of hydrogen-bond acceptors (Lipinski definition) is 3. The molecule has 1 amide bonds. The van der Waals surface area contributed by atoms with Gasteiger partial charge < -0.3 is 15.0 Å². The van der Waals surface area contributed by atoms with Crippen molar-refractivity contribution in [2.45, 2.75) is 51.2 Å². The predicted octanol–water partition coefficient (Wildman–Crippen LogP) is 3.20. The zero-order valence-corrected chi connectivity index (χ0v) is 14.1. The van der Waals surface area contributed by atoms with Crippen LogP contribution in [-0.2, 0) is 16.7 Å². The Labute approximate surface area is 137 Å². The minimum absolute atomic E-state index is 0.000203. The lowest BCUT2D eigenvalue weighted by atomic mass is 9.69. The second-order valence-corrected chi connectivity index (χ2v) is 7.65. The lowest BCUT2D eigenvalue weighted by Crippen LogP contribution is -2.52. The van der Waals surface area contributed by atoms with Crippen LogP contribution in [0.1, 0.15) is 44.7 Å². The van der Waals surface area contributed by atoms with Gasteiger partial charge in [-0.1, -0.05) is 6.07 Å². The molecule has 0 atom stereocenters. The number of benzene rings is 1. The summed E-state index contributed by atoms with van der Waals surface area (Å²) in [7, 11) is 0. The van der Waals surface area contributed by atoms with Gasteiger partial charge in [0.25, 0.3) is 0 Å². The Bertz CT molecular complexity index is 602. The molecule has 1 N–H and O–H groups in total. The summed E-state index contributed by atoms with van der Waals surface area (Å²) in [5.74, 6) is -0.186. The molecule has 5 heteroatoms. The lowest BCUT2D eigenvalue weighted by molar-refractivity contribution is 0.0159. The van der Waals surface area contributed by atoms with Gasteiger partial charge in [0.1, 0.15) is 11.4 Å². The standard InChI is InChI=1S/C18H25FN2O2/c1-17(2,3)23-16(22)21-8-6-18(7-9-21)12-20-11-13-10-14(19)4-5-15(13)18/h4-5,10,20H,6-9,11-12H2,1-3H3. The fourth-order valence-corrected chi connectivity index (χ4v) is 3.65. The molecule has 0 saturated carbocycles. The minimum atomic E-state index is -0.470. The van der Waals surface area contributed by atoms with E-state index in [0.717, 1.165) is 24.9 Å². The van der Waals surface area contributed by atoms with E-state index in [2.05, 4.69) is 5.32 Å². The first kappa shape index (κ1) is 16.2. The summed E-state index contributed by atoms with van der Waals surface area (Å²) in [6, 6.07) is 5.10. The number of amides is 1. The van der Waals surface area contributed by atoms with Gasteiger partial charge in [0.2, 0.25) is 0 Å². The van der Waals surface area contributed by atoms with Gasteiger partial charge in [0.15, 0.2) is 0 Å². The second-order valence-electron chi connectivity index (χ2n) is 7.65. The van der Waals surface area contributed by atoms with Crippen LogP contribution in [-0.4, -0.2) is 36.2 Å². The highest BCUT2D eigenvalue weighted by atomic mass is 19.1. The smallest absolute Gasteiger partial charge is 0.410 e. The van der Waals surface area contributed by atoms with Gasteiger partial charge in [0, 0.05) is 31.6 Å². The van der Waals surface area contributed by atoms with Crippen LogP contribution in [0.3, 0.4) is 0 Å². The first-order chi connectivity index (χ1) is 10.8. The number of ether oxygens (including phenoxy) is 1. The Kier molecular flexibility index (Phi) is 4.08. The number of piperidine rings is 1. The molecule has 0 aromatic heterocycles. The summed E-state index contributed by atoms with van der Waals surface area (Å²) in [6.07, 6.45) is 1.51. The van der Waals surface area contributed by atoms with Gasteiger partial charge in [-0.3, -0.25) is 0 Å². The molecule has 0 bridgehead atoms. The van der Waals surface area contributed by atoms with E-state index in [4.69, 9.17) is 4.74 Å². The van der Waals surface area contributed by atoms with E-state index < -0.39 is 5.60 Å². The molecule has 0 unspecified atom stereocenters. The lowest BCUT2D eigenvalue weighted by Gasteiger charge is -2.45. The molecule has 1 saturated heterocycles. The topological polar surface area (TPSA) is 41.6 Å². The van der Waals surface area contributed by atoms with Crippen LogP contribution >= 0.6 is 0 Å². The summed E-state index contributed by atoms with van der Waals surface area (Å²) >= 11 is 0. The number of halogens is 1. The van der Waals surface area contributed by atoms with E-state index in [9.17, 15) is 9.18 Å². The molecule has 1 fully saturated rings. The van der Waals surface area contributed by atoms with Crippen LogP contribution in [0.5, 0.6) is 0 Å². The molecule has 2 aliphatic rings. The molecule has 23 heavy (non-hydrogen) atoms. The van der Waals surface area contributed by atoms with Gasteiger partial charge in [-0.05, 0) is 56.9 Å². The van der Waals surface area contributed by atoms with E-state index in [0.29, 0.717) is 19.6 Å². The average Bonchev–Trinajstić information content (AvgIpc) is 2.46. The fraction of sp³-hybridized carbons (Fsp3) is 0.611. The van der Waals surface area contributed by atoms with Crippen LogP contribution in [0.25, 0.3) is 0 Å². The highest BCUT2D eigenvalue weighted by Crippen LogP contribution is 2.39. The van der Waals surface area contributed by atoms with Crippen molar-refractivity contribution in [2.24, 2.45) is 0 Å². The second kappa shape index (κ2) is 5.78. The Morgan fingerprint density at radius 3 is 2.65 bits per heavy atom. The number of rotatable bonds is 0. The molecule has 2 heterocycles. The van der Waals surface area contributed by atoms with Crippen LogP contribution in [0, 0.1) is 5.82 Å². The summed E-state index contributed by atoms with van der Waals surface area (Å²) in [5, 5.41) is 3.41. The minimum Gasteiger partial charge on any atom is -0.444 e. The van der Waals surface area contributed by atoms with E-state index in [1.807, 2.05) is 26.8 Å². The molecular weight excluding hydrogens is 295 g/mol. The van der Waals surface area contributed by atoms with Gasteiger partial charge in [-0.2, -0.15) is 0 Å². The maximum absolute atomic E-state index is 13.5. The number of carbonyl (C=O) groups excluding carboxylic acids is 1. The predicted molar refractivity (Wildman–Crippen MR) is 86.8 cm³/mol. The number of fused-ring (bicyclic) bond motifs is 2. The summed E-state index contributed by atoms with van der Waals surface area (Å²) < 4.78 is 18.9. The molecule has 3 rings (SSSR count). The number of nitrogens with one attached hydrogen (secondary N) is 1. The van der Waals surface area contributed by atoms with Crippen molar-refractivity contribution >= 4 is 6.09 Å². The number of likely N-dealkylation sites (tertiary alicyclic amines) is 1. The van der Waals surface area contributed by atoms with Crippen LogP contribution < -0.4 is 5.32 Å². The maximum Gasteiger partial charge on any atom is 0.410 e. The van der Waals surface area contributed by atoms with Crippen molar-refractivity contribution < 1.29 is 13.9 Å². The molecular formula is C18H25FN2O2. The molecule has 4 nitrogen and oxygen atoms in total. The van der Waals surface area contributed by atoms with Crippen molar-refractivity contribution in [3.63, 3.8) is 0 Å². The molecule has 2 aliphatic heterocycles. The average molecular weight is 320 g/mol. The van der Waals surface area contributed by atoms with E-state index in [1.54, 1.807) is 17.0 Å². The van der Waals surface area contributed by atoms with Crippen LogP contribution in [0.15, 0.2) is 18.2 Å². The zero-order chi connectivity index (χ0) is 16.7. The first-order valence-electron chi connectivity index (χ1n) is 8.27. The van der Waals surface area contributed by atoms with Crippen molar-refractivity contribution in [3.8, 4) is 0 Å². The zero-order valence-electron chi connectivity index (χ0n) is 14.1. The van der Waals surface area contributed by atoms with Crippen molar-refractivity contribution in [1.29, 1.82) is 0 Å². The van der Waals surface area contributed by atoms with Gasteiger partial charge in [-0.25, -0.2) is 9.18 Å². The highest BCUT2D eigenvalue weighted by molar-refractivity contribution is 5.68. The van der Waals surface area contributed by atoms with E-state index in [-0.39, 0.29) is 17.3 Å². The molecule has 1 aromatic rings. The highest BCUT2D eigenvalue weighted by Gasteiger charge is 2.41. The molecule has 126 valence electrons. The Hall–Kier alpha value is -1.62. The monoisotopic (exact) mass is 320 g/mol. The first-order valence-corrected chi connectivity index (χ1v) is 8.27. The quantitative estimate of drug-likeness (QED) is 0.798. The molecule has 0 radical (unpaired) electrons. The summed E-state index contributed by atoms with van der Waals surface area (Å²) in [5.41, 5.74) is 1.81. The third-order valence-electron chi connectivity index (χ3n) is 4.79. The maximum atomic E-state index is 13.5. The largest absolute Gasteiger partial charge is 0.444 e. The third-order valence-corrected chi connectivity index (χ3v) is 4.79. The third kappa shape index (κ3) is 3.34. The van der Waals surface area contributed by atoms with Crippen LogP contribution in [0.4, 0.5) is 9.18 Å². The van der Waals surface area contributed by atoms with E-state index >= 15 is 0 Å². The van der Waals surface area contributed by atoms with Crippen molar-refractivity contribution in [2.75, 3.05) is 19.6 Å². The van der Waals surface area contributed by atoms with E-state index in [1.165, 1.54) is 5.56 Å². The number of hydrogen-bond donors (Lipinski definition) is 1. The van der Waals surface area contributed by atoms with Gasteiger partial charge in [-0.15, -0.1) is 0 Å². The fourth-order valence-electron chi connectivity index (χ4n) is 3.65.